The standard InChI is InChI=1S/C12H16F2N2S2/c1-7(18-2)5-6-16-9-4-3-8(12(15)17)10(13)11(9)14/h3-4,7,16H,5-6H2,1-2H3,(H2,15,17). The lowest BCUT2D eigenvalue weighted by molar-refractivity contribution is 0.509. The summed E-state index contributed by atoms with van der Waals surface area (Å²) in [7, 11) is 0. The Morgan fingerprint density at radius 1 is 1.44 bits per heavy atom. The molecule has 0 bridgehead atoms. The highest BCUT2D eigenvalue weighted by atomic mass is 32.2. The van der Waals surface area contributed by atoms with Crippen LogP contribution in [0.2, 0.25) is 0 Å². The zero-order valence-corrected chi connectivity index (χ0v) is 11.9. The number of rotatable bonds is 6. The molecule has 0 saturated heterocycles. The van der Waals surface area contributed by atoms with E-state index < -0.39 is 11.6 Å². The summed E-state index contributed by atoms with van der Waals surface area (Å²) in [6.07, 6.45) is 2.89. The fraction of sp³-hybridized carbons (Fsp3) is 0.417. The Balaban J connectivity index is 2.74. The van der Waals surface area contributed by atoms with Gasteiger partial charge in [-0.15, -0.1) is 0 Å². The van der Waals surface area contributed by atoms with Gasteiger partial charge >= 0.3 is 0 Å². The van der Waals surface area contributed by atoms with E-state index >= 15 is 0 Å². The van der Waals surface area contributed by atoms with E-state index in [0.717, 1.165) is 6.42 Å². The molecule has 0 aliphatic rings. The third kappa shape index (κ3) is 3.81. The number of thioether (sulfide) groups is 1. The summed E-state index contributed by atoms with van der Waals surface area (Å²) < 4.78 is 27.2. The molecule has 0 spiro atoms. The van der Waals surface area contributed by atoms with Gasteiger partial charge in [0.1, 0.15) is 4.99 Å². The minimum absolute atomic E-state index is 0.0643. The van der Waals surface area contributed by atoms with Crippen molar-refractivity contribution in [2.75, 3.05) is 18.1 Å². The zero-order valence-electron chi connectivity index (χ0n) is 10.3. The minimum Gasteiger partial charge on any atom is -0.389 e. The Bertz CT molecular complexity index is 438. The van der Waals surface area contributed by atoms with E-state index in [1.807, 2.05) is 6.26 Å². The second kappa shape index (κ2) is 6.89. The van der Waals surface area contributed by atoms with E-state index in [2.05, 4.69) is 24.5 Å². The Kier molecular flexibility index (Phi) is 5.81. The van der Waals surface area contributed by atoms with Crippen molar-refractivity contribution in [1.29, 1.82) is 0 Å². The first kappa shape index (κ1) is 15.2. The Morgan fingerprint density at radius 2 is 2.11 bits per heavy atom. The van der Waals surface area contributed by atoms with Crippen LogP contribution in [0.5, 0.6) is 0 Å². The number of anilines is 1. The molecule has 1 unspecified atom stereocenters. The molecule has 3 N–H and O–H groups in total. The predicted molar refractivity (Wildman–Crippen MR) is 78.3 cm³/mol. The lowest BCUT2D eigenvalue weighted by Crippen LogP contribution is -2.14. The van der Waals surface area contributed by atoms with Gasteiger partial charge in [0.05, 0.1) is 5.69 Å². The van der Waals surface area contributed by atoms with Crippen LogP contribution >= 0.6 is 24.0 Å². The molecule has 6 heteroatoms. The van der Waals surface area contributed by atoms with Gasteiger partial charge in [0.2, 0.25) is 0 Å². The summed E-state index contributed by atoms with van der Waals surface area (Å²) in [6, 6.07) is 2.84. The Hall–Kier alpha value is -0.880. The lowest BCUT2D eigenvalue weighted by atomic mass is 10.1. The highest BCUT2D eigenvalue weighted by Gasteiger charge is 2.14. The molecule has 0 saturated carbocycles. The van der Waals surface area contributed by atoms with Crippen molar-refractivity contribution in [2.45, 2.75) is 18.6 Å². The third-order valence-corrected chi connectivity index (χ3v) is 3.88. The first-order valence-corrected chi connectivity index (χ1v) is 7.21. The number of thiocarbonyl (C=S) groups is 1. The molecule has 1 aromatic carbocycles. The average molecular weight is 290 g/mol. The minimum atomic E-state index is -0.995. The molecule has 0 radical (unpaired) electrons. The van der Waals surface area contributed by atoms with E-state index in [9.17, 15) is 8.78 Å². The Morgan fingerprint density at radius 3 is 2.67 bits per heavy atom. The van der Waals surface area contributed by atoms with Gasteiger partial charge in [0.25, 0.3) is 0 Å². The summed E-state index contributed by atoms with van der Waals surface area (Å²) in [6.45, 7) is 2.67. The number of benzene rings is 1. The number of nitrogens with two attached hydrogens (primary N) is 1. The van der Waals surface area contributed by atoms with Crippen molar-refractivity contribution in [2.24, 2.45) is 5.73 Å². The molecular formula is C12H16F2N2S2. The maximum Gasteiger partial charge on any atom is 0.182 e. The topological polar surface area (TPSA) is 38.0 Å². The normalized spacial score (nSPS) is 12.2. The largest absolute Gasteiger partial charge is 0.389 e. The molecule has 2 nitrogen and oxygen atoms in total. The molecule has 18 heavy (non-hydrogen) atoms. The SMILES string of the molecule is CSC(C)CCNc1ccc(C(N)=S)c(F)c1F. The molecular weight excluding hydrogens is 274 g/mol. The van der Waals surface area contributed by atoms with Crippen molar-refractivity contribution in [3.05, 3.63) is 29.3 Å². The predicted octanol–water partition coefficient (Wildman–Crippen LogP) is 3.15. The number of halogens is 2. The monoisotopic (exact) mass is 290 g/mol. The molecule has 0 aliphatic heterocycles. The molecule has 100 valence electrons. The van der Waals surface area contributed by atoms with Gasteiger partial charge in [-0.1, -0.05) is 19.1 Å². The van der Waals surface area contributed by atoms with Gasteiger partial charge in [-0.2, -0.15) is 11.8 Å². The number of nitrogens with one attached hydrogen (secondary N) is 1. The molecule has 1 rings (SSSR count). The van der Waals surface area contributed by atoms with Gasteiger partial charge in [0, 0.05) is 17.4 Å². The van der Waals surface area contributed by atoms with Crippen molar-refractivity contribution in [3.63, 3.8) is 0 Å². The van der Waals surface area contributed by atoms with E-state index in [4.69, 9.17) is 5.73 Å². The second-order valence-corrected chi connectivity index (χ2v) is 5.63. The van der Waals surface area contributed by atoms with E-state index in [0.29, 0.717) is 11.8 Å². The van der Waals surface area contributed by atoms with Crippen molar-refractivity contribution in [1.82, 2.24) is 0 Å². The van der Waals surface area contributed by atoms with Crippen LogP contribution in [0.4, 0.5) is 14.5 Å². The van der Waals surface area contributed by atoms with Crippen molar-refractivity contribution in [3.8, 4) is 0 Å². The van der Waals surface area contributed by atoms with E-state index in [1.54, 1.807) is 11.8 Å². The Labute approximate surface area is 115 Å². The van der Waals surface area contributed by atoms with Gasteiger partial charge in [-0.05, 0) is 24.8 Å². The van der Waals surface area contributed by atoms with Crippen LogP contribution in [0.25, 0.3) is 0 Å². The maximum absolute atomic E-state index is 13.7. The van der Waals surface area contributed by atoms with Crippen LogP contribution in [-0.2, 0) is 0 Å². The van der Waals surface area contributed by atoms with Crippen LogP contribution < -0.4 is 11.1 Å². The molecule has 0 aliphatic carbocycles. The molecule has 1 aromatic rings. The molecule has 0 heterocycles. The van der Waals surface area contributed by atoms with Crippen molar-refractivity contribution >= 4 is 34.7 Å². The third-order valence-electron chi connectivity index (χ3n) is 2.62. The van der Waals surface area contributed by atoms with Gasteiger partial charge < -0.3 is 11.1 Å². The number of hydrogen-bond donors (Lipinski definition) is 2. The van der Waals surface area contributed by atoms with Gasteiger partial charge in [-0.25, -0.2) is 8.78 Å². The van der Waals surface area contributed by atoms with Crippen molar-refractivity contribution < 1.29 is 8.78 Å². The van der Waals surface area contributed by atoms with Crippen LogP contribution in [0, 0.1) is 11.6 Å². The summed E-state index contributed by atoms with van der Waals surface area (Å²) >= 11 is 6.37. The summed E-state index contributed by atoms with van der Waals surface area (Å²) in [5, 5.41) is 3.35. The van der Waals surface area contributed by atoms with Crippen LogP contribution in [0.15, 0.2) is 12.1 Å². The molecule has 1 atom stereocenters. The van der Waals surface area contributed by atoms with E-state index in [1.165, 1.54) is 12.1 Å². The lowest BCUT2D eigenvalue weighted by Gasteiger charge is -2.12. The average Bonchev–Trinajstić information content (AvgIpc) is 2.33. The fourth-order valence-corrected chi connectivity index (χ4v) is 1.92. The van der Waals surface area contributed by atoms with Gasteiger partial charge in [-0.3, -0.25) is 0 Å². The van der Waals surface area contributed by atoms with Crippen LogP contribution in [-0.4, -0.2) is 23.0 Å². The fourth-order valence-electron chi connectivity index (χ4n) is 1.40. The van der Waals surface area contributed by atoms with Gasteiger partial charge in [0.15, 0.2) is 11.6 Å². The summed E-state index contributed by atoms with van der Waals surface area (Å²) in [5.41, 5.74) is 5.37. The first-order valence-electron chi connectivity index (χ1n) is 5.51. The smallest absolute Gasteiger partial charge is 0.182 e. The number of hydrogen-bond acceptors (Lipinski definition) is 3. The first-order chi connectivity index (χ1) is 8.47. The summed E-state index contributed by atoms with van der Waals surface area (Å²) in [5.74, 6) is -1.93. The molecule has 0 aromatic heterocycles. The summed E-state index contributed by atoms with van der Waals surface area (Å²) in [4.78, 5) is -0.144. The molecule has 0 fully saturated rings. The maximum atomic E-state index is 13.7. The quantitative estimate of drug-likeness (QED) is 0.789. The van der Waals surface area contributed by atoms with Crippen LogP contribution in [0.3, 0.4) is 0 Å². The highest BCUT2D eigenvalue weighted by molar-refractivity contribution is 7.99. The van der Waals surface area contributed by atoms with Crippen LogP contribution in [0.1, 0.15) is 18.9 Å². The molecule has 0 amide bonds. The highest BCUT2D eigenvalue weighted by Crippen LogP contribution is 2.21. The second-order valence-electron chi connectivity index (χ2n) is 3.91. The zero-order chi connectivity index (χ0) is 13.7. The van der Waals surface area contributed by atoms with E-state index in [-0.39, 0.29) is 16.2 Å².